The second-order valence-electron chi connectivity index (χ2n) is 17.4. The molecule has 8 nitrogen and oxygen atoms in total. The lowest BCUT2D eigenvalue weighted by Crippen LogP contribution is -2.45. The van der Waals surface area contributed by atoms with Crippen molar-refractivity contribution < 1.29 is 28.4 Å². The van der Waals surface area contributed by atoms with Gasteiger partial charge in [-0.3, -0.25) is 13.8 Å². The maximum absolute atomic E-state index is 12.8. The Kier molecular flexibility index (Phi) is 45.2. The second-order valence-corrected chi connectivity index (χ2v) is 18.8. The Bertz CT molecular complexity index is 922. The zero-order valence-electron chi connectivity index (χ0n) is 38.6. The summed E-state index contributed by atoms with van der Waals surface area (Å²) in [5.41, 5.74) is 5.39. The number of nitrogens with one attached hydrogen (secondary N) is 1. The highest BCUT2D eigenvalue weighted by Gasteiger charge is 2.26. The van der Waals surface area contributed by atoms with Crippen LogP contribution in [0, 0.1) is 0 Å². The number of aliphatic hydroxyl groups excluding tert-OH is 1. The van der Waals surface area contributed by atoms with Gasteiger partial charge in [0.1, 0.15) is 0 Å². The Morgan fingerprint density at radius 2 is 0.879 bits per heavy atom. The number of nitrogens with two attached hydrogens (primary N) is 1. The Morgan fingerprint density at radius 1 is 0.552 bits per heavy atom. The van der Waals surface area contributed by atoms with E-state index in [0.29, 0.717) is 6.42 Å². The van der Waals surface area contributed by atoms with Crippen molar-refractivity contribution in [3.05, 3.63) is 12.2 Å². The first-order valence-electron chi connectivity index (χ1n) is 25.3. The summed E-state index contributed by atoms with van der Waals surface area (Å²) >= 11 is 0. The van der Waals surface area contributed by atoms with Gasteiger partial charge in [-0.05, 0) is 19.3 Å². The molecule has 0 aromatic heterocycles. The summed E-state index contributed by atoms with van der Waals surface area (Å²) < 4.78 is 22.2. The number of rotatable bonds is 48. The first-order valence-corrected chi connectivity index (χ1v) is 26.8. The fourth-order valence-electron chi connectivity index (χ4n) is 7.78. The number of carbonyl (C=O) groups is 1. The Hall–Kier alpha value is -0.760. The SMILES string of the molecule is CCCCCCCCCCCCCCC/C=C/[C@@H](O)[C@H](COP(=O)(O)OCCN)NC(=O)CCCCCCCCCCCCCCCCCCCCCCCCCC. The van der Waals surface area contributed by atoms with E-state index in [1.165, 1.54) is 205 Å². The van der Waals surface area contributed by atoms with Crippen molar-refractivity contribution in [2.45, 2.75) is 276 Å². The van der Waals surface area contributed by atoms with Crippen LogP contribution in [-0.4, -0.2) is 47.8 Å². The average molecular weight is 843 g/mol. The molecule has 0 heterocycles. The molecule has 0 saturated carbocycles. The van der Waals surface area contributed by atoms with Gasteiger partial charge in [-0.25, -0.2) is 4.57 Å². The summed E-state index contributed by atoms with van der Waals surface area (Å²) in [7, 11) is -4.34. The molecule has 0 rings (SSSR count). The van der Waals surface area contributed by atoms with Gasteiger partial charge in [-0.1, -0.05) is 251 Å². The molecule has 0 bridgehead atoms. The topological polar surface area (TPSA) is 131 Å². The van der Waals surface area contributed by atoms with Crippen molar-refractivity contribution in [3.8, 4) is 0 Å². The average Bonchev–Trinajstić information content (AvgIpc) is 3.21. The number of unbranched alkanes of at least 4 members (excludes halogenated alkanes) is 36. The molecule has 0 spiro atoms. The van der Waals surface area contributed by atoms with Crippen LogP contribution in [0.5, 0.6) is 0 Å². The molecule has 0 aliphatic carbocycles. The monoisotopic (exact) mass is 843 g/mol. The molecule has 1 amide bonds. The molecule has 0 aliphatic heterocycles. The molecule has 1 unspecified atom stereocenters. The van der Waals surface area contributed by atoms with E-state index >= 15 is 0 Å². The quantitative estimate of drug-likeness (QED) is 0.0272. The summed E-state index contributed by atoms with van der Waals surface area (Å²) in [6, 6.07) is -0.855. The Balaban J connectivity index is 4.01. The molecule has 58 heavy (non-hydrogen) atoms. The molecule has 0 saturated heterocycles. The zero-order valence-corrected chi connectivity index (χ0v) is 39.5. The fourth-order valence-corrected chi connectivity index (χ4v) is 8.54. The van der Waals surface area contributed by atoms with E-state index in [1.54, 1.807) is 6.08 Å². The number of phosphoric ester groups is 1. The number of aliphatic hydroxyl groups is 1. The zero-order chi connectivity index (χ0) is 42.5. The number of hydrogen-bond acceptors (Lipinski definition) is 6. The van der Waals surface area contributed by atoms with Crippen LogP contribution in [0.15, 0.2) is 12.2 Å². The van der Waals surface area contributed by atoms with E-state index in [9.17, 15) is 19.4 Å². The molecule has 3 atom stereocenters. The van der Waals surface area contributed by atoms with Gasteiger partial charge in [0.15, 0.2) is 0 Å². The standard InChI is InChI=1S/C49H99N2O6P/c1-3-5-7-9-11-13-15-17-19-20-21-22-23-24-25-26-27-29-31-33-35-37-39-41-43-49(53)51-47(46-57-58(54,55)56-45-44-50)48(52)42-40-38-36-34-32-30-28-18-16-14-12-10-8-6-4-2/h40,42,47-48,52H,3-39,41,43-46,50H2,1-2H3,(H,51,53)(H,54,55)/b42-40+/t47-,48+/m0/s1. The van der Waals surface area contributed by atoms with Gasteiger partial charge in [0.2, 0.25) is 5.91 Å². The van der Waals surface area contributed by atoms with Crippen LogP contribution in [0.1, 0.15) is 264 Å². The first kappa shape index (κ1) is 57.2. The van der Waals surface area contributed by atoms with Gasteiger partial charge in [0.05, 0.1) is 25.4 Å². The predicted molar refractivity (Wildman–Crippen MR) is 249 cm³/mol. The lowest BCUT2D eigenvalue weighted by Gasteiger charge is -2.23. The number of carbonyl (C=O) groups excluding carboxylic acids is 1. The van der Waals surface area contributed by atoms with Crippen LogP contribution in [0.3, 0.4) is 0 Å². The minimum Gasteiger partial charge on any atom is -0.387 e. The normalized spacial score (nSPS) is 13.9. The maximum atomic E-state index is 12.8. The lowest BCUT2D eigenvalue weighted by molar-refractivity contribution is -0.123. The van der Waals surface area contributed by atoms with Crippen molar-refractivity contribution in [1.82, 2.24) is 5.32 Å². The van der Waals surface area contributed by atoms with Crippen molar-refractivity contribution in [1.29, 1.82) is 0 Å². The summed E-state index contributed by atoms with van der Waals surface area (Å²) in [6.07, 6.45) is 52.8. The minimum absolute atomic E-state index is 0.0816. The number of amides is 1. The maximum Gasteiger partial charge on any atom is 0.472 e. The largest absolute Gasteiger partial charge is 0.472 e. The molecular formula is C49H99N2O6P. The number of hydrogen-bond donors (Lipinski definition) is 4. The van der Waals surface area contributed by atoms with Crippen LogP contribution >= 0.6 is 7.82 Å². The van der Waals surface area contributed by atoms with Crippen LogP contribution in [0.2, 0.25) is 0 Å². The molecule has 0 radical (unpaired) electrons. The molecule has 0 aliphatic rings. The van der Waals surface area contributed by atoms with E-state index in [2.05, 4.69) is 19.2 Å². The summed E-state index contributed by atoms with van der Waals surface area (Å²) in [5, 5.41) is 13.7. The van der Waals surface area contributed by atoms with E-state index in [4.69, 9.17) is 14.8 Å². The van der Waals surface area contributed by atoms with E-state index in [0.717, 1.165) is 38.5 Å². The molecule has 0 aromatic rings. The number of phosphoric acid groups is 1. The second kappa shape index (κ2) is 45.8. The Labute approximate surface area is 360 Å². The third-order valence-electron chi connectivity index (χ3n) is 11.6. The van der Waals surface area contributed by atoms with Gasteiger partial charge < -0.3 is 21.1 Å². The molecule has 346 valence electrons. The number of allylic oxidation sites excluding steroid dienone is 1. The summed E-state index contributed by atoms with van der Waals surface area (Å²) in [4.78, 5) is 22.8. The fraction of sp³-hybridized carbons (Fsp3) is 0.939. The summed E-state index contributed by atoms with van der Waals surface area (Å²) in [6.45, 7) is 4.18. The van der Waals surface area contributed by atoms with Gasteiger partial charge in [0, 0.05) is 13.0 Å². The van der Waals surface area contributed by atoms with E-state index in [1.807, 2.05) is 6.08 Å². The summed E-state index contributed by atoms with van der Waals surface area (Å²) in [5.74, 6) is -0.188. The highest BCUT2D eigenvalue weighted by molar-refractivity contribution is 7.47. The third kappa shape index (κ3) is 43.3. The van der Waals surface area contributed by atoms with Crippen molar-refractivity contribution >= 4 is 13.7 Å². The van der Waals surface area contributed by atoms with Gasteiger partial charge in [-0.2, -0.15) is 0 Å². The molecule has 5 N–H and O–H groups in total. The highest BCUT2D eigenvalue weighted by Crippen LogP contribution is 2.43. The van der Waals surface area contributed by atoms with Gasteiger partial charge in [-0.15, -0.1) is 0 Å². The van der Waals surface area contributed by atoms with Crippen molar-refractivity contribution in [3.63, 3.8) is 0 Å². The van der Waals surface area contributed by atoms with Crippen LogP contribution in [0.4, 0.5) is 0 Å². The van der Waals surface area contributed by atoms with Crippen molar-refractivity contribution in [2.75, 3.05) is 19.8 Å². The van der Waals surface area contributed by atoms with Gasteiger partial charge >= 0.3 is 7.82 Å². The van der Waals surface area contributed by atoms with Crippen LogP contribution in [0.25, 0.3) is 0 Å². The van der Waals surface area contributed by atoms with E-state index < -0.39 is 20.0 Å². The highest BCUT2D eigenvalue weighted by atomic mass is 31.2. The van der Waals surface area contributed by atoms with Crippen molar-refractivity contribution in [2.24, 2.45) is 5.73 Å². The minimum atomic E-state index is -4.34. The first-order chi connectivity index (χ1) is 28.4. The molecule has 0 aromatic carbocycles. The lowest BCUT2D eigenvalue weighted by atomic mass is 10.0. The predicted octanol–water partition coefficient (Wildman–Crippen LogP) is 14.7. The molecular weight excluding hydrogens is 744 g/mol. The van der Waals surface area contributed by atoms with Gasteiger partial charge in [0.25, 0.3) is 0 Å². The van der Waals surface area contributed by atoms with E-state index in [-0.39, 0.29) is 25.7 Å². The third-order valence-corrected chi connectivity index (χ3v) is 12.6. The molecule has 0 fully saturated rings. The smallest absolute Gasteiger partial charge is 0.387 e. The van der Waals surface area contributed by atoms with Crippen LogP contribution < -0.4 is 11.1 Å². The van der Waals surface area contributed by atoms with Crippen LogP contribution in [-0.2, 0) is 18.4 Å². The molecule has 9 heteroatoms. The Morgan fingerprint density at radius 3 is 1.22 bits per heavy atom.